The SMILES string of the molecule is O.O=S(=O)(Cl)CS(=O)(=O)Cl.O=S(=O)(F)CS(=O)(=O)F.O=S(=O)(F)CS(=O)(=O)F.O=S(=O)(F)[N-]S(=O)(=O)F.[Cl][Zn][Cl].[F][Zn][F].[Li+].[Li+].[OH-]. The number of hydrogen-bond donors (Lipinski definition) is 0. The molecule has 0 saturated carbocycles. The average molecular weight is 1040 g/mol. The number of nitrogens with zero attached hydrogens (tertiary/aromatic N) is 1. The van der Waals surface area contributed by atoms with E-state index in [2.05, 4.69) is 21.4 Å². The van der Waals surface area contributed by atoms with Gasteiger partial charge in [-0.15, -0.1) is 23.3 Å². The molecule has 19 nitrogen and oxygen atoms in total. The Kier molecular flexibility index (Phi) is 51.7. The van der Waals surface area contributed by atoms with Crippen molar-refractivity contribution in [2.75, 3.05) is 15.3 Å². The van der Waals surface area contributed by atoms with Gasteiger partial charge in [0.25, 0.3) is 0 Å². The van der Waals surface area contributed by atoms with E-state index < -0.39 is 128 Å². The Balaban J connectivity index is -0.0000000431. The first-order chi connectivity index (χ1) is 17.7. The molecule has 0 aliphatic carbocycles. The third-order valence-corrected chi connectivity index (χ3v) is 10.8. The van der Waals surface area contributed by atoms with Crippen molar-refractivity contribution in [1.82, 2.24) is 0 Å². The van der Waals surface area contributed by atoms with Crippen LogP contribution in [0.2, 0.25) is 0 Å². The molecule has 0 aromatic heterocycles. The third-order valence-electron chi connectivity index (χ3n) is 1.02. The van der Waals surface area contributed by atoms with Crippen LogP contribution in [0.1, 0.15) is 0 Å². The van der Waals surface area contributed by atoms with E-state index in [0.717, 1.165) is 4.13 Å². The van der Waals surface area contributed by atoms with Crippen molar-refractivity contribution in [2.45, 2.75) is 0 Å². The van der Waals surface area contributed by atoms with Gasteiger partial charge in [0.2, 0.25) is 49.1 Å². The molecule has 0 atom stereocenters. The van der Waals surface area contributed by atoms with Crippen molar-refractivity contribution in [2.24, 2.45) is 0 Å². The fourth-order valence-corrected chi connectivity index (χ4v) is 8.02. The van der Waals surface area contributed by atoms with Gasteiger partial charge in [-0.3, -0.25) is 0 Å². The maximum atomic E-state index is 11.2. The normalized spacial score (nSPS) is 11.0. The molecule has 0 aromatic rings. The summed E-state index contributed by atoms with van der Waals surface area (Å²) in [5, 5.41) is -5.43. The summed E-state index contributed by atoms with van der Waals surface area (Å²) in [6.07, 6.45) is 0. The van der Waals surface area contributed by atoms with Gasteiger partial charge in [-0.25, -0.2) is 33.7 Å². The Morgan fingerprint density at radius 1 is 0.478 bits per heavy atom. The van der Waals surface area contributed by atoms with Gasteiger partial charge in [0.15, 0.2) is 5.08 Å². The maximum Gasteiger partial charge on any atom is 1.00 e. The first-order valence-corrected chi connectivity index (χ1v) is 31.0. The minimum atomic E-state index is -5.62. The Morgan fingerprint density at radius 3 is 0.609 bits per heavy atom. The van der Waals surface area contributed by atoms with E-state index in [0.29, 0.717) is 0 Å². The molecule has 3 N–H and O–H groups in total. The van der Waals surface area contributed by atoms with E-state index in [1.165, 1.54) is 0 Å². The molecule has 43 heteroatoms. The second-order valence-corrected chi connectivity index (χ2v) is 24.1. The van der Waals surface area contributed by atoms with Crippen LogP contribution >= 0.6 is 40.7 Å². The van der Waals surface area contributed by atoms with Gasteiger partial charge in [0.1, 0.15) is 0 Å². The van der Waals surface area contributed by atoms with Crippen LogP contribution in [0.25, 0.3) is 4.13 Å². The van der Waals surface area contributed by atoms with E-state index in [4.69, 9.17) is 19.4 Å². The quantitative estimate of drug-likeness (QED) is 0.124. The first kappa shape index (κ1) is 73.8. The van der Waals surface area contributed by atoms with E-state index in [1.807, 2.05) is 0 Å². The second-order valence-electron chi connectivity index (χ2n) is 4.69. The smallest absolute Gasteiger partial charge is 0.870 e. The van der Waals surface area contributed by atoms with Crippen molar-refractivity contribution in [3.05, 3.63) is 4.13 Å². The summed E-state index contributed by atoms with van der Waals surface area (Å²) in [5.74, 6) is 0. The minimum Gasteiger partial charge on any atom is -0.870 e. The molecular formula is C3H9Cl4F8Li2NO18S8Zn2. The summed E-state index contributed by atoms with van der Waals surface area (Å²) in [5.41, 5.74) is 0. The second kappa shape index (κ2) is 32.2. The molecule has 0 saturated heterocycles. The van der Waals surface area contributed by atoms with Crippen LogP contribution in [0, 0.1) is 0 Å². The first-order valence-electron chi connectivity index (χ1n) is 7.07. The van der Waals surface area contributed by atoms with Crippen LogP contribution in [0.3, 0.4) is 0 Å². The van der Waals surface area contributed by atoms with Gasteiger partial charge in [-0.1, -0.05) is 0 Å². The molecule has 0 rings (SSSR count). The maximum absolute atomic E-state index is 11.2. The van der Waals surface area contributed by atoms with Crippen LogP contribution in [0.15, 0.2) is 0 Å². The molecule has 0 radical (unpaired) electrons. The minimum absolute atomic E-state index is 0. The standard InChI is InChI=1S/CH2Cl2O4S2.2CH2F2O4S2.2ClH.F2NO4S2.2FH.2Li.2H2O.2Zn/c3*2-8(4,5)1-9(3,6)7;;;1-8(4,5)3-9(2,6)7;;;;;;;;/h3*1H2;2*1H;;2*1H;;;2*1H2;;/q;;;;;-1;;;2*+1;;;2*+2/p-5. The average Bonchev–Trinajstić information content (AvgIpc) is 2.42. The van der Waals surface area contributed by atoms with Gasteiger partial charge >= 0.3 is 138 Å². The molecule has 0 unspecified atom stereocenters. The summed E-state index contributed by atoms with van der Waals surface area (Å²) in [6.45, 7) is 0. The topological polar surface area (TPSA) is 349 Å². The van der Waals surface area contributed by atoms with Gasteiger partial charge in [-0.05, 0) is 0 Å². The van der Waals surface area contributed by atoms with E-state index in [9.17, 15) is 97.3 Å². The molecular weight excluding hydrogens is 1030 g/mol. The fraction of sp³-hybridized carbons (Fsp3) is 1.00. The van der Waals surface area contributed by atoms with Crippen LogP contribution in [-0.4, -0.2) is 93.5 Å². The Bertz CT molecular complexity index is 1290. The zero-order chi connectivity index (χ0) is 36.2. The molecule has 46 heavy (non-hydrogen) atoms. The Labute approximate surface area is 315 Å². The van der Waals surface area contributed by atoms with Crippen molar-refractivity contribution in [1.29, 1.82) is 0 Å². The predicted molar refractivity (Wildman–Crippen MR) is 127 cm³/mol. The van der Waals surface area contributed by atoms with Crippen LogP contribution < -0.4 is 37.7 Å². The Hall–Kier alpha value is 2.52. The molecule has 0 fully saturated rings. The van der Waals surface area contributed by atoms with Gasteiger partial charge in [0.05, 0.1) is 0 Å². The molecule has 0 amide bonds. The molecule has 0 aromatic carbocycles. The molecule has 0 heterocycles. The van der Waals surface area contributed by atoms with Crippen LogP contribution in [-0.2, 0) is 113 Å². The molecule has 0 bridgehead atoms. The fourth-order valence-electron chi connectivity index (χ4n) is 0.611. The van der Waals surface area contributed by atoms with Gasteiger partial charge in [-0.2, -0.15) is 33.7 Å². The molecule has 272 valence electrons. The number of hydrogen-bond acceptors (Lipinski definition) is 17. The van der Waals surface area contributed by atoms with Crippen molar-refractivity contribution < 1.29 is 179 Å². The molecule has 0 aliphatic heterocycles. The summed E-state index contributed by atoms with van der Waals surface area (Å²) in [7, 11) is -21.3. The predicted octanol–water partition coefficient (Wildman–Crippen LogP) is -5.82. The van der Waals surface area contributed by atoms with Crippen molar-refractivity contribution in [3.63, 3.8) is 0 Å². The van der Waals surface area contributed by atoms with Crippen LogP contribution in [0.4, 0.5) is 29.9 Å². The van der Waals surface area contributed by atoms with Crippen molar-refractivity contribution >= 4 is 121 Å². The number of halogens is 12. The van der Waals surface area contributed by atoms with E-state index in [1.54, 1.807) is 0 Å². The zero-order valence-electron chi connectivity index (χ0n) is 21.3. The number of rotatable bonds is 8. The van der Waals surface area contributed by atoms with E-state index >= 15 is 0 Å². The van der Waals surface area contributed by atoms with Crippen LogP contribution in [0.5, 0.6) is 0 Å². The summed E-state index contributed by atoms with van der Waals surface area (Å²) in [4.78, 5) is 0. The van der Waals surface area contributed by atoms with Crippen molar-refractivity contribution in [3.8, 4) is 0 Å². The molecule has 0 spiro atoms. The Morgan fingerprint density at radius 2 is 0.609 bits per heavy atom. The summed E-state index contributed by atoms with van der Waals surface area (Å²) in [6, 6.07) is 0. The monoisotopic (exact) mass is 1040 g/mol. The van der Waals surface area contributed by atoms with E-state index in [-0.39, 0.29) is 48.7 Å². The molecule has 0 aliphatic rings. The van der Waals surface area contributed by atoms with Gasteiger partial charge in [0, 0.05) is 21.4 Å². The third kappa shape index (κ3) is 137. The van der Waals surface area contributed by atoms with Gasteiger partial charge < -0.3 is 15.1 Å². The summed E-state index contributed by atoms with van der Waals surface area (Å²) >= 11 is -3.81. The summed E-state index contributed by atoms with van der Waals surface area (Å²) < 4.78 is 239. The largest absolute Gasteiger partial charge is 1.00 e. The zero-order valence-corrected chi connectivity index (χ0v) is 36.8.